The molecule has 2 aromatic rings. The monoisotopic (exact) mass is 261 g/mol. The smallest absolute Gasteiger partial charge is 0.181 e. The van der Waals surface area contributed by atoms with E-state index < -0.39 is 0 Å². The average Bonchev–Trinajstić information content (AvgIpc) is 2.73. The fourth-order valence-corrected chi connectivity index (χ4v) is 3.59. The molecule has 1 heterocycles. The first-order valence-corrected chi connectivity index (χ1v) is 7.37. The normalized spacial score (nSPS) is 19.4. The van der Waals surface area contributed by atoms with Crippen molar-refractivity contribution in [3.05, 3.63) is 23.3 Å². The average molecular weight is 261 g/mol. The van der Waals surface area contributed by atoms with Gasteiger partial charge in [0, 0.05) is 6.04 Å². The number of aromatic nitrogens is 1. The lowest BCUT2D eigenvalue weighted by molar-refractivity contribution is 0.233. The van der Waals surface area contributed by atoms with E-state index in [2.05, 4.69) is 36.0 Å². The second-order valence-corrected chi connectivity index (χ2v) is 6.17. The quantitative estimate of drug-likeness (QED) is 0.903. The number of nitrogens with two attached hydrogens (primary N) is 1. The van der Waals surface area contributed by atoms with Crippen molar-refractivity contribution in [2.24, 2.45) is 0 Å². The molecular weight excluding hydrogens is 242 g/mol. The van der Waals surface area contributed by atoms with Crippen LogP contribution in [0.3, 0.4) is 0 Å². The molecule has 1 aromatic heterocycles. The number of nitrogens with zero attached hydrogens (tertiary/aromatic N) is 2. The minimum absolute atomic E-state index is 0.676. The number of aryl methyl sites for hydroxylation is 1. The number of nitrogen functional groups attached to an aromatic ring is 1. The van der Waals surface area contributed by atoms with Crippen molar-refractivity contribution in [3.63, 3.8) is 0 Å². The first kappa shape index (κ1) is 11.9. The van der Waals surface area contributed by atoms with Crippen molar-refractivity contribution in [3.8, 4) is 0 Å². The summed E-state index contributed by atoms with van der Waals surface area (Å²) in [7, 11) is 2.22. The molecule has 0 spiro atoms. The third-order valence-corrected chi connectivity index (χ3v) is 4.90. The summed E-state index contributed by atoms with van der Waals surface area (Å²) in [6, 6.07) is 5.22. The Labute approximate surface area is 112 Å². The number of hydrogen-bond acceptors (Lipinski definition) is 4. The second kappa shape index (κ2) is 4.52. The van der Waals surface area contributed by atoms with Crippen LogP contribution in [0, 0.1) is 0 Å². The summed E-state index contributed by atoms with van der Waals surface area (Å²) in [5, 5.41) is 0.676. The summed E-state index contributed by atoms with van der Waals surface area (Å²) in [4.78, 5) is 6.83. The van der Waals surface area contributed by atoms with Gasteiger partial charge in [0.25, 0.3) is 0 Å². The second-order valence-electron chi connectivity index (χ2n) is 5.11. The molecule has 3 rings (SSSR count). The SMILES string of the molecule is CCN(C)C1CCc2cc3nc(N)sc3cc2C1. The molecule has 1 atom stereocenters. The Hall–Kier alpha value is -1.13. The molecule has 0 bridgehead atoms. The van der Waals surface area contributed by atoms with E-state index in [0.717, 1.165) is 24.9 Å². The van der Waals surface area contributed by atoms with Gasteiger partial charge in [0.2, 0.25) is 0 Å². The number of hydrogen-bond donors (Lipinski definition) is 1. The summed E-state index contributed by atoms with van der Waals surface area (Å²) in [5.74, 6) is 0. The maximum Gasteiger partial charge on any atom is 0.181 e. The standard InChI is InChI=1S/C14H19N3S/c1-3-17(2)11-5-4-9-7-12-13(8-10(9)6-11)18-14(15)16-12/h7-8,11H,3-6H2,1-2H3,(H2,15,16). The Balaban J connectivity index is 1.97. The maximum atomic E-state index is 5.79. The van der Waals surface area contributed by atoms with E-state index in [4.69, 9.17) is 5.73 Å². The van der Waals surface area contributed by atoms with Crippen LogP contribution in [-0.4, -0.2) is 29.5 Å². The summed E-state index contributed by atoms with van der Waals surface area (Å²) in [6.07, 6.45) is 3.58. The van der Waals surface area contributed by atoms with Crippen LogP contribution in [0.4, 0.5) is 5.13 Å². The zero-order valence-corrected chi connectivity index (χ0v) is 11.8. The van der Waals surface area contributed by atoms with E-state index in [1.165, 1.54) is 22.2 Å². The van der Waals surface area contributed by atoms with Crippen molar-refractivity contribution < 1.29 is 0 Å². The predicted molar refractivity (Wildman–Crippen MR) is 78.1 cm³/mol. The molecule has 96 valence electrons. The molecule has 0 radical (unpaired) electrons. The molecular formula is C14H19N3S. The Kier molecular flexibility index (Phi) is 2.99. The van der Waals surface area contributed by atoms with Crippen molar-refractivity contribution in [1.82, 2.24) is 9.88 Å². The van der Waals surface area contributed by atoms with Gasteiger partial charge in [-0.2, -0.15) is 0 Å². The van der Waals surface area contributed by atoms with Crippen molar-refractivity contribution in [2.45, 2.75) is 32.2 Å². The van der Waals surface area contributed by atoms with Crippen LogP contribution >= 0.6 is 11.3 Å². The van der Waals surface area contributed by atoms with Crippen molar-refractivity contribution in [1.29, 1.82) is 0 Å². The zero-order chi connectivity index (χ0) is 12.7. The van der Waals surface area contributed by atoms with E-state index in [1.54, 1.807) is 11.3 Å². The van der Waals surface area contributed by atoms with Gasteiger partial charge in [-0.25, -0.2) is 4.98 Å². The van der Waals surface area contributed by atoms with Crippen molar-refractivity contribution >= 4 is 26.7 Å². The number of anilines is 1. The van der Waals surface area contributed by atoms with Gasteiger partial charge in [0.15, 0.2) is 5.13 Å². The molecule has 2 N–H and O–H groups in total. The number of rotatable bonds is 2. The maximum absolute atomic E-state index is 5.79. The molecule has 1 aliphatic carbocycles. The lowest BCUT2D eigenvalue weighted by atomic mass is 9.87. The molecule has 1 unspecified atom stereocenters. The minimum atomic E-state index is 0.676. The minimum Gasteiger partial charge on any atom is -0.375 e. The molecule has 1 aromatic carbocycles. The van der Waals surface area contributed by atoms with Crippen molar-refractivity contribution in [2.75, 3.05) is 19.3 Å². The molecule has 0 amide bonds. The Morgan fingerprint density at radius 1 is 1.44 bits per heavy atom. The fourth-order valence-electron chi connectivity index (χ4n) is 2.81. The summed E-state index contributed by atoms with van der Waals surface area (Å²) >= 11 is 1.59. The van der Waals surface area contributed by atoms with E-state index in [9.17, 15) is 0 Å². The Morgan fingerprint density at radius 3 is 3.06 bits per heavy atom. The molecule has 3 nitrogen and oxygen atoms in total. The number of fused-ring (bicyclic) bond motifs is 2. The number of likely N-dealkylation sites (N-methyl/N-ethyl adjacent to an activating group) is 1. The van der Waals surface area contributed by atoms with Crippen LogP contribution in [0.15, 0.2) is 12.1 Å². The van der Waals surface area contributed by atoms with Crippen LogP contribution in [0.2, 0.25) is 0 Å². The highest BCUT2D eigenvalue weighted by atomic mass is 32.1. The molecule has 0 aliphatic heterocycles. The summed E-state index contributed by atoms with van der Waals surface area (Å²) in [5.41, 5.74) is 9.81. The molecule has 1 aliphatic rings. The summed E-state index contributed by atoms with van der Waals surface area (Å²) < 4.78 is 1.23. The van der Waals surface area contributed by atoms with E-state index in [1.807, 2.05) is 0 Å². The molecule has 0 saturated carbocycles. The first-order valence-electron chi connectivity index (χ1n) is 6.55. The highest BCUT2D eigenvalue weighted by Gasteiger charge is 2.22. The molecule has 4 heteroatoms. The highest BCUT2D eigenvalue weighted by Crippen LogP contribution is 2.31. The van der Waals surface area contributed by atoms with Gasteiger partial charge in [0.05, 0.1) is 10.2 Å². The van der Waals surface area contributed by atoms with E-state index in [0.29, 0.717) is 11.2 Å². The van der Waals surface area contributed by atoms with Gasteiger partial charge in [-0.3, -0.25) is 0 Å². The lowest BCUT2D eigenvalue weighted by Crippen LogP contribution is -2.36. The third-order valence-electron chi connectivity index (χ3n) is 4.05. The Morgan fingerprint density at radius 2 is 2.28 bits per heavy atom. The van der Waals surface area contributed by atoms with Gasteiger partial charge < -0.3 is 10.6 Å². The van der Waals surface area contributed by atoms with Crippen LogP contribution in [0.1, 0.15) is 24.5 Å². The Bertz CT molecular complexity index is 576. The zero-order valence-electron chi connectivity index (χ0n) is 10.9. The molecule has 18 heavy (non-hydrogen) atoms. The van der Waals surface area contributed by atoms with Gasteiger partial charge in [0.1, 0.15) is 0 Å². The van der Waals surface area contributed by atoms with Crippen LogP contribution in [-0.2, 0) is 12.8 Å². The largest absolute Gasteiger partial charge is 0.375 e. The number of thiazole rings is 1. The number of benzene rings is 1. The van der Waals surface area contributed by atoms with Gasteiger partial charge in [-0.1, -0.05) is 18.3 Å². The van der Waals surface area contributed by atoms with Crippen LogP contribution in [0.25, 0.3) is 10.2 Å². The summed E-state index contributed by atoms with van der Waals surface area (Å²) in [6.45, 7) is 3.35. The van der Waals surface area contributed by atoms with Gasteiger partial charge >= 0.3 is 0 Å². The third kappa shape index (κ3) is 1.99. The van der Waals surface area contributed by atoms with Gasteiger partial charge in [-0.05, 0) is 56.1 Å². The van der Waals surface area contributed by atoms with Gasteiger partial charge in [-0.15, -0.1) is 0 Å². The predicted octanol–water partition coefficient (Wildman–Crippen LogP) is 2.69. The first-order chi connectivity index (χ1) is 8.67. The van der Waals surface area contributed by atoms with E-state index in [-0.39, 0.29) is 0 Å². The molecule has 0 fully saturated rings. The highest BCUT2D eigenvalue weighted by molar-refractivity contribution is 7.22. The topological polar surface area (TPSA) is 42.2 Å². The van der Waals surface area contributed by atoms with Crippen LogP contribution < -0.4 is 5.73 Å². The molecule has 0 saturated heterocycles. The fraction of sp³-hybridized carbons (Fsp3) is 0.500. The van der Waals surface area contributed by atoms with Crippen LogP contribution in [0.5, 0.6) is 0 Å². The lowest BCUT2D eigenvalue weighted by Gasteiger charge is -2.31. The van der Waals surface area contributed by atoms with E-state index >= 15 is 0 Å².